The minimum atomic E-state index is 0.557. The van der Waals surface area contributed by atoms with Gasteiger partial charge in [-0.25, -0.2) is 0 Å². The Morgan fingerprint density at radius 3 is 2.44 bits per heavy atom. The zero-order valence-corrected chi connectivity index (χ0v) is 11.0. The molecule has 0 spiro atoms. The van der Waals surface area contributed by atoms with E-state index in [1.54, 1.807) is 0 Å². The second-order valence-corrected chi connectivity index (χ2v) is 4.65. The highest BCUT2D eigenvalue weighted by molar-refractivity contribution is 9.08. The van der Waals surface area contributed by atoms with Gasteiger partial charge in [0.25, 0.3) is 0 Å². The molecule has 84 valence electrons. The predicted molar refractivity (Wildman–Crippen MR) is 68.7 cm³/mol. The number of rotatable bonds is 3. The van der Waals surface area contributed by atoms with Gasteiger partial charge in [0.2, 0.25) is 0 Å². The molecular formula is C13H14BrNO. The minimum Gasteiger partial charge on any atom is -0.356 e. The molecule has 0 radical (unpaired) electrons. The Kier molecular flexibility index (Phi) is 3.44. The number of alkyl halides is 1. The smallest absolute Gasteiger partial charge is 0.167 e. The molecule has 0 saturated heterocycles. The zero-order chi connectivity index (χ0) is 11.5. The van der Waals surface area contributed by atoms with Crippen molar-refractivity contribution >= 4 is 15.9 Å². The van der Waals surface area contributed by atoms with Gasteiger partial charge in [0.15, 0.2) is 5.76 Å². The fourth-order valence-corrected chi connectivity index (χ4v) is 1.81. The maximum Gasteiger partial charge on any atom is 0.167 e. The highest BCUT2D eigenvalue weighted by atomic mass is 79.9. The van der Waals surface area contributed by atoms with Gasteiger partial charge in [-0.05, 0) is 11.5 Å². The molecule has 0 amide bonds. The summed E-state index contributed by atoms with van der Waals surface area (Å²) in [6, 6.07) is 10.4. The van der Waals surface area contributed by atoms with Crippen LogP contribution in [0.15, 0.2) is 34.9 Å². The molecule has 16 heavy (non-hydrogen) atoms. The van der Waals surface area contributed by atoms with Gasteiger partial charge in [-0.15, -0.1) is 0 Å². The van der Waals surface area contributed by atoms with Crippen LogP contribution in [-0.4, -0.2) is 5.16 Å². The normalized spacial score (nSPS) is 11.0. The van der Waals surface area contributed by atoms with Crippen molar-refractivity contribution in [2.24, 2.45) is 0 Å². The molecule has 0 aliphatic carbocycles. The third-order valence-electron chi connectivity index (χ3n) is 2.56. The van der Waals surface area contributed by atoms with Crippen molar-refractivity contribution < 1.29 is 4.52 Å². The Bertz CT molecular complexity index is 459. The van der Waals surface area contributed by atoms with Gasteiger partial charge in [0.1, 0.15) is 0 Å². The molecular weight excluding hydrogens is 266 g/mol. The van der Waals surface area contributed by atoms with E-state index in [2.05, 4.69) is 59.2 Å². The fourth-order valence-electron chi connectivity index (χ4n) is 1.54. The molecule has 1 aromatic heterocycles. The standard InChI is InChI=1S/C13H14BrNO/c1-9(2)10-3-5-11(6-4-10)13-7-12(8-14)15-16-13/h3-7,9H,8H2,1-2H3. The van der Waals surface area contributed by atoms with Crippen molar-refractivity contribution in [2.45, 2.75) is 25.1 Å². The van der Waals surface area contributed by atoms with Gasteiger partial charge in [-0.2, -0.15) is 0 Å². The fraction of sp³-hybridized carbons (Fsp3) is 0.308. The van der Waals surface area contributed by atoms with Gasteiger partial charge < -0.3 is 4.52 Å². The Labute approximate surface area is 104 Å². The molecule has 1 aromatic carbocycles. The number of hydrogen-bond acceptors (Lipinski definition) is 2. The van der Waals surface area contributed by atoms with Crippen molar-refractivity contribution in [3.63, 3.8) is 0 Å². The lowest BCUT2D eigenvalue weighted by molar-refractivity contribution is 0.426. The molecule has 0 fully saturated rings. The number of nitrogens with zero attached hydrogens (tertiary/aromatic N) is 1. The van der Waals surface area contributed by atoms with Gasteiger partial charge in [0, 0.05) is 17.0 Å². The molecule has 2 rings (SSSR count). The first kappa shape index (κ1) is 11.4. The van der Waals surface area contributed by atoms with Crippen LogP contribution in [0.4, 0.5) is 0 Å². The van der Waals surface area contributed by atoms with Crippen LogP contribution in [-0.2, 0) is 5.33 Å². The summed E-state index contributed by atoms with van der Waals surface area (Å²) in [6.07, 6.45) is 0. The second kappa shape index (κ2) is 4.83. The first-order chi connectivity index (χ1) is 7.70. The number of hydrogen-bond donors (Lipinski definition) is 0. The average Bonchev–Trinajstić information content (AvgIpc) is 2.77. The lowest BCUT2D eigenvalue weighted by Gasteiger charge is -2.04. The molecule has 0 bridgehead atoms. The van der Waals surface area contributed by atoms with Crippen molar-refractivity contribution in [3.05, 3.63) is 41.6 Å². The van der Waals surface area contributed by atoms with Crippen molar-refractivity contribution in [1.82, 2.24) is 5.16 Å². The Hall–Kier alpha value is -1.09. The maximum absolute atomic E-state index is 5.26. The lowest BCUT2D eigenvalue weighted by atomic mass is 10.0. The van der Waals surface area contributed by atoms with Crippen molar-refractivity contribution in [1.29, 1.82) is 0 Å². The van der Waals surface area contributed by atoms with E-state index in [1.807, 2.05) is 6.07 Å². The SMILES string of the molecule is CC(C)c1ccc(-c2cc(CBr)no2)cc1. The molecule has 0 atom stereocenters. The van der Waals surface area contributed by atoms with E-state index in [1.165, 1.54) is 5.56 Å². The quantitative estimate of drug-likeness (QED) is 0.781. The van der Waals surface area contributed by atoms with Gasteiger partial charge in [0.05, 0.1) is 5.69 Å². The number of halogens is 1. The first-order valence-corrected chi connectivity index (χ1v) is 6.44. The maximum atomic E-state index is 5.26. The lowest BCUT2D eigenvalue weighted by Crippen LogP contribution is -1.85. The van der Waals surface area contributed by atoms with E-state index in [0.717, 1.165) is 22.3 Å². The molecule has 2 nitrogen and oxygen atoms in total. The summed E-state index contributed by atoms with van der Waals surface area (Å²) in [5.74, 6) is 1.38. The summed E-state index contributed by atoms with van der Waals surface area (Å²) in [6.45, 7) is 4.37. The van der Waals surface area contributed by atoms with Crippen LogP contribution in [0.3, 0.4) is 0 Å². The van der Waals surface area contributed by atoms with E-state index in [9.17, 15) is 0 Å². The van der Waals surface area contributed by atoms with Crippen LogP contribution in [0.2, 0.25) is 0 Å². The van der Waals surface area contributed by atoms with Crippen molar-refractivity contribution in [3.8, 4) is 11.3 Å². The number of benzene rings is 1. The van der Waals surface area contributed by atoms with Crippen LogP contribution in [0, 0.1) is 0 Å². The topological polar surface area (TPSA) is 26.0 Å². The Morgan fingerprint density at radius 2 is 1.94 bits per heavy atom. The average molecular weight is 280 g/mol. The second-order valence-electron chi connectivity index (χ2n) is 4.09. The summed E-state index contributed by atoms with van der Waals surface area (Å²) in [5.41, 5.74) is 3.33. The van der Waals surface area contributed by atoms with Crippen LogP contribution >= 0.6 is 15.9 Å². The molecule has 0 aliphatic heterocycles. The Morgan fingerprint density at radius 1 is 1.25 bits per heavy atom. The third-order valence-corrected chi connectivity index (χ3v) is 3.13. The highest BCUT2D eigenvalue weighted by Gasteiger charge is 2.06. The number of aromatic nitrogens is 1. The predicted octanol–water partition coefficient (Wildman–Crippen LogP) is 4.36. The van der Waals surface area contributed by atoms with Gasteiger partial charge in [-0.1, -0.05) is 59.2 Å². The largest absolute Gasteiger partial charge is 0.356 e. The van der Waals surface area contributed by atoms with E-state index in [-0.39, 0.29) is 0 Å². The highest BCUT2D eigenvalue weighted by Crippen LogP contribution is 2.23. The summed E-state index contributed by atoms with van der Waals surface area (Å²) in [4.78, 5) is 0. The molecule has 0 saturated carbocycles. The Balaban J connectivity index is 2.27. The molecule has 1 heterocycles. The van der Waals surface area contributed by atoms with Crippen molar-refractivity contribution in [2.75, 3.05) is 0 Å². The molecule has 2 aromatic rings. The molecule has 0 N–H and O–H groups in total. The van der Waals surface area contributed by atoms with Crippen LogP contribution in [0.1, 0.15) is 31.0 Å². The van der Waals surface area contributed by atoms with E-state index < -0.39 is 0 Å². The molecule has 0 unspecified atom stereocenters. The van der Waals surface area contributed by atoms with Crippen LogP contribution in [0.25, 0.3) is 11.3 Å². The summed E-state index contributed by atoms with van der Waals surface area (Å²) in [7, 11) is 0. The van der Waals surface area contributed by atoms with Gasteiger partial charge in [-0.3, -0.25) is 0 Å². The van der Waals surface area contributed by atoms with E-state index in [0.29, 0.717) is 5.92 Å². The summed E-state index contributed by atoms with van der Waals surface area (Å²) < 4.78 is 5.26. The van der Waals surface area contributed by atoms with Crippen LogP contribution in [0.5, 0.6) is 0 Å². The summed E-state index contributed by atoms with van der Waals surface area (Å²) in [5, 5.41) is 4.67. The first-order valence-electron chi connectivity index (χ1n) is 5.32. The van der Waals surface area contributed by atoms with E-state index in [4.69, 9.17) is 4.52 Å². The monoisotopic (exact) mass is 279 g/mol. The van der Waals surface area contributed by atoms with Crippen LogP contribution < -0.4 is 0 Å². The third kappa shape index (κ3) is 2.35. The van der Waals surface area contributed by atoms with Gasteiger partial charge >= 0.3 is 0 Å². The summed E-state index contributed by atoms with van der Waals surface area (Å²) >= 11 is 3.35. The zero-order valence-electron chi connectivity index (χ0n) is 9.40. The minimum absolute atomic E-state index is 0.557. The van der Waals surface area contributed by atoms with E-state index >= 15 is 0 Å². The molecule has 3 heteroatoms. The molecule has 0 aliphatic rings.